The molecule has 0 aliphatic rings. The molecule has 1 aromatic carbocycles. The number of nitrogens with zero attached hydrogens (tertiary/aromatic N) is 1. The summed E-state index contributed by atoms with van der Waals surface area (Å²) < 4.78 is 5.07. The zero-order valence-corrected chi connectivity index (χ0v) is 13.1. The van der Waals surface area contributed by atoms with Crippen LogP contribution < -0.4 is 0 Å². The van der Waals surface area contributed by atoms with Crippen LogP contribution in [-0.2, 0) is 4.74 Å². The zero-order valence-electron chi connectivity index (χ0n) is 10.7. The average Bonchev–Trinajstić information content (AvgIpc) is 2.85. The maximum atomic E-state index is 12.0. The molecule has 1 unspecified atom stereocenters. The zero-order chi connectivity index (χ0) is 13.8. The first-order chi connectivity index (χ1) is 9.13. The lowest BCUT2D eigenvalue weighted by atomic mass is 10.1. The molecule has 1 aromatic heterocycles. The van der Waals surface area contributed by atoms with Crippen molar-refractivity contribution in [2.75, 3.05) is 6.61 Å². The van der Waals surface area contributed by atoms with E-state index in [4.69, 9.17) is 4.74 Å². The first-order valence-corrected chi connectivity index (χ1v) is 7.74. The van der Waals surface area contributed by atoms with Crippen molar-refractivity contribution in [3.63, 3.8) is 0 Å². The summed E-state index contributed by atoms with van der Waals surface area (Å²) in [5, 5.41) is 0.877. The maximum Gasteiger partial charge on any atom is 0.358 e. The van der Waals surface area contributed by atoms with Gasteiger partial charge in [0, 0.05) is 0 Å². The Morgan fingerprint density at radius 1 is 1.42 bits per heavy atom. The van der Waals surface area contributed by atoms with E-state index in [0.29, 0.717) is 12.3 Å². The molecule has 0 radical (unpaired) electrons. The summed E-state index contributed by atoms with van der Waals surface area (Å²) in [6, 6.07) is 9.78. The number of carbonyl (C=O) groups is 1. The summed E-state index contributed by atoms with van der Waals surface area (Å²) in [7, 11) is 0. The van der Waals surface area contributed by atoms with E-state index in [-0.39, 0.29) is 10.8 Å². The maximum absolute atomic E-state index is 12.0. The number of benzene rings is 1. The van der Waals surface area contributed by atoms with Gasteiger partial charge in [0.25, 0.3) is 0 Å². The Kier molecular flexibility index (Phi) is 4.71. The van der Waals surface area contributed by atoms with Crippen LogP contribution in [0.25, 0.3) is 10.4 Å². The molecule has 2 rings (SSSR count). The lowest BCUT2D eigenvalue weighted by molar-refractivity contribution is 0.0521. The van der Waals surface area contributed by atoms with Gasteiger partial charge in [-0.2, -0.15) is 0 Å². The van der Waals surface area contributed by atoms with E-state index in [1.807, 2.05) is 37.3 Å². The predicted octanol–water partition coefficient (Wildman–Crippen LogP) is 4.44. The van der Waals surface area contributed by atoms with Gasteiger partial charge in [-0.15, -0.1) is 11.3 Å². The third-order valence-corrected chi connectivity index (χ3v) is 4.51. The van der Waals surface area contributed by atoms with Gasteiger partial charge < -0.3 is 4.74 Å². The van der Waals surface area contributed by atoms with Gasteiger partial charge in [-0.3, -0.25) is 0 Å². The Morgan fingerprint density at radius 3 is 2.68 bits per heavy atom. The van der Waals surface area contributed by atoms with Gasteiger partial charge >= 0.3 is 5.97 Å². The minimum absolute atomic E-state index is 0.114. The standard InChI is InChI=1S/C14H14BrNO2S/c1-3-18-14(17)11-12(10-7-5-4-6-8-10)19-13(16-11)9(2)15/h4-9H,3H2,1-2H3. The number of aromatic nitrogens is 1. The molecular weight excluding hydrogens is 326 g/mol. The molecular formula is C14H14BrNO2S. The first-order valence-electron chi connectivity index (χ1n) is 6.00. The molecule has 3 nitrogen and oxygen atoms in total. The van der Waals surface area contributed by atoms with Crippen molar-refractivity contribution in [1.82, 2.24) is 4.98 Å². The highest BCUT2D eigenvalue weighted by Gasteiger charge is 2.21. The smallest absolute Gasteiger partial charge is 0.358 e. The number of thiazole rings is 1. The van der Waals surface area contributed by atoms with Gasteiger partial charge in [0.05, 0.1) is 16.3 Å². The van der Waals surface area contributed by atoms with Crippen molar-refractivity contribution >= 4 is 33.2 Å². The van der Waals surface area contributed by atoms with Crippen molar-refractivity contribution in [2.24, 2.45) is 0 Å². The van der Waals surface area contributed by atoms with Crippen LogP contribution in [0.15, 0.2) is 30.3 Å². The largest absolute Gasteiger partial charge is 0.461 e. The van der Waals surface area contributed by atoms with Gasteiger partial charge in [-0.1, -0.05) is 46.3 Å². The molecule has 19 heavy (non-hydrogen) atoms. The number of carbonyl (C=O) groups excluding carboxylic acids is 1. The minimum atomic E-state index is -0.364. The Morgan fingerprint density at radius 2 is 2.11 bits per heavy atom. The van der Waals surface area contributed by atoms with Crippen LogP contribution in [0.4, 0.5) is 0 Å². The fourth-order valence-electron chi connectivity index (χ4n) is 1.63. The van der Waals surface area contributed by atoms with Crippen molar-refractivity contribution in [2.45, 2.75) is 18.7 Å². The van der Waals surface area contributed by atoms with E-state index in [1.54, 1.807) is 6.92 Å². The molecule has 1 atom stereocenters. The van der Waals surface area contributed by atoms with Gasteiger partial charge in [0.2, 0.25) is 0 Å². The highest BCUT2D eigenvalue weighted by atomic mass is 79.9. The second kappa shape index (κ2) is 6.30. The molecule has 0 bridgehead atoms. The summed E-state index contributed by atoms with van der Waals surface area (Å²) in [5.41, 5.74) is 1.39. The number of alkyl halides is 1. The SMILES string of the molecule is CCOC(=O)c1nc(C(C)Br)sc1-c1ccccc1. The molecule has 0 aliphatic heterocycles. The van der Waals surface area contributed by atoms with Gasteiger partial charge in [0.1, 0.15) is 5.01 Å². The van der Waals surface area contributed by atoms with Crippen LogP contribution in [0.2, 0.25) is 0 Å². The number of esters is 1. The quantitative estimate of drug-likeness (QED) is 0.610. The summed E-state index contributed by atoms with van der Waals surface area (Å²) in [6.45, 7) is 4.13. The minimum Gasteiger partial charge on any atom is -0.461 e. The topological polar surface area (TPSA) is 39.2 Å². The number of ether oxygens (including phenoxy) is 1. The van der Waals surface area contributed by atoms with Crippen LogP contribution in [0.5, 0.6) is 0 Å². The normalized spacial score (nSPS) is 12.2. The highest BCUT2D eigenvalue weighted by molar-refractivity contribution is 9.09. The van der Waals surface area contributed by atoms with Crippen molar-refractivity contribution in [1.29, 1.82) is 0 Å². The van der Waals surface area contributed by atoms with Crippen LogP contribution >= 0.6 is 27.3 Å². The van der Waals surface area contributed by atoms with Crippen LogP contribution in [0, 0.1) is 0 Å². The molecule has 0 N–H and O–H groups in total. The Bertz CT molecular complexity index is 566. The lowest BCUT2D eigenvalue weighted by Gasteiger charge is -2.01. The summed E-state index contributed by atoms with van der Waals surface area (Å²) >= 11 is 5.00. The van der Waals surface area contributed by atoms with E-state index >= 15 is 0 Å². The second-order valence-corrected chi connectivity index (χ2v) is 6.34. The highest BCUT2D eigenvalue weighted by Crippen LogP contribution is 2.35. The summed E-state index contributed by atoms with van der Waals surface area (Å²) in [5.74, 6) is -0.364. The molecule has 5 heteroatoms. The van der Waals surface area contributed by atoms with Crippen LogP contribution in [-0.4, -0.2) is 17.6 Å². The third kappa shape index (κ3) is 3.22. The van der Waals surface area contributed by atoms with E-state index in [2.05, 4.69) is 20.9 Å². The van der Waals surface area contributed by atoms with E-state index in [9.17, 15) is 4.79 Å². The third-order valence-electron chi connectivity index (χ3n) is 2.49. The predicted molar refractivity (Wildman–Crippen MR) is 80.8 cm³/mol. The number of hydrogen-bond donors (Lipinski definition) is 0. The van der Waals surface area contributed by atoms with Crippen molar-refractivity contribution in [3.8, 4) is 10.4 Å². The molecule has 1 heterocycles. The summed E-state index contributed by atoms with van der Waals surface area (Å²) in [4.78, 5) is 17.4. The monoisotopic (exact) mass is 339 g/mol. The molecule has 0 amide bonds. The van der Waals surface area contributed by atoms with E-state index in [0.717, 1.165) is 15.4 Å². The van der Waals surface area contributed by atoms with Gasteiger partial charge in [0.15, 0.2) is 5.69 Å². The summed E-state index contributed by atoms with van der Waals surface area (Å²) in [6.07, 6.45) is 0. The molecule has 0 spiro atoms. The average molecular weight is 340 g/mol. The fourth-order valence-corrected chi connectivity index (χ4v) is 3.00. The van der Waals surface area contributed by atoms with Gasteiger partial charge in [-0.05, 0) is 19.4 Å². The Balaban J connectivity index is 2.49. The molecule has 0 saturated heterocycles. The van der Waals surface area contributed by atoms with Crippen LogP contribution in [0.3, 0.4) is 0 Å². The lowest BCUT2D eigenvalue weighted by Crippen LogP contribution is -2.06. The molecule has 0 aliphatic carbocycles. The van der Waals surface area contributed by atoms with Crippen LogP contribution in [0.1, 0.15) is 34.2 Å². The first kappa shape index (κ1) is 14.2. The number of hydrogen-bond acceptors (Lipinski definition) is 4. The van der Waals surface area contributed by atoms with E-state index in [1.165, 1.54) is 11.3 Å². The fraction of sp³-hybridized carbons (Fsp3) is 0.286. The van der Waals surface area contributed by atoms with Gasteiger partial charge in [-0.25, -0.2) is 9.78 Å². The Hall–Kier alpha value is -1.20. The number of halogens is 1. The van der Waals surface area contributed by atoms with Crippen molar-refractivity contribution < 1.29 is 9.53 Å². The molecule has 2 aromatic rings. The molecule has 100 valence electrons. The molecule has 0 fully saturated rings. The molecule has 0 saturated carbocycles. The Labute approximate surface area is 124 Å². The number of rotatable bonds is 4. The second-order valence-electron chi connectivity index (χ2n) is 3.93. The van der Waals surface area contributed by atoms with E-state index < -0.39 is 0 Å². The van der Waals surface area contributed by atoms with Crippen molar-refractivity contribution in [3.05, 3.63) is 41.0 Å².